The van der Waals surface area contributed by atoms with Crippen molar-refractivity contribution in [3.63, 3.8) is 0 Å². The summed E-state index contributed by atoms with van der Waals surface area (Å²) >= 11 is 0. The third-order valence-corrected chi connectivity index (χ3v) is 3.94. The number of esters is 1. The van der Waals surface area contributed by atoms with Gasteiger partial charge in [0.05, 0.1) is 31.7 Å². The van der Waals surface area contributed by atoms with Gasteiger partial charge in [-0.1, -0.05) is 36.4 Å². The van der Waals surface area contributed by atoms with Gasteiger partial charge in [0.15, 0.2) is 0 Å². The van der Waals surface area contributed by atoms with E-state index in [1.165, 1.54) is 19.5 Å². The molecule has 3 N–H and O–H groups in total. The standard InChI is InChI=1S/C22H24N4O7/c1-31-22(30)19-8-6-17(7-9-19)11-24-26-21(29)14-32-13-20(28)25-23-10-16-2-4-18(5-3-16)12-33-15-27/h2-11,27H,12-15H2,1H3,(H,25,28)(H,26,29). The molecule has 11 nitrogen and oxygen atoms in total. The monoisotopic (exact) mass is 456 g/mol. The maximum atomic E-state index is 11.7. The summed E-state index contributed by atoms with van der Waals surface area (Å²) in [5.74, 6) is -1.52. The van der Waals surface area contributed by atoms with Gasteiger partial charge in [-0.15, -0.1) is 0 Å². The average Bonchev–Trinajstić information content (AvgIpc) is 2.83. The van der Waals surface area contributed by atoms with Crippen LogP contribution in [0.1, 0.15) is 27.0 Å². The molecule has 33 heavy (non-hydrogen) atoms. The zero-order valence-corrected chi connectivity index (χ0v) is 17.9. The number of hydrogen-bond acceptors (Lipinski definition) is 9. The van der Waals surface area contributed by atoms with Crippen molar-refractivity contribution in [3.05, 3.63) is 70.8 Å². The molecule has 2 amide bonds. The number of carbonyl (C=O) groups is 3. The molecule has 0 unspecified atom stereocenters. The summed E-state index contributed by atoms with van der Waals surface area (Å²) in [6, 6.07) is 13.6. The number of nitrogens with zero attached hydrogens (tertiary/aromatic N) is 2. The Hall–Kier alpha value is -3.93. The lowest BCUT2D eigenvalue weighted by atomic mass is 10.1. The Morgan fingerprint density at radius 2 is 1.36 bits per heavy atom. The van der Waals surface area contributed by atoms with Crippen LogP contribution in [0.4, 0.5) is 0 Å². The maximum absolute atomic E-state index is 11.7. The van der Waals surface area contributed by atoms with Crippen LogP contribution in [0.25, 0.3) is 0 Å². The third-order valence-electron chi connectivity index (χ3n) is 3.94. The molecule has 2 aromatic rings. The highest BCUT2D eigenvalue weighted by Crippen LogP contribution is 2.04. The molecule has 0 atom stereocenters. The fourth-order valence-corrected chi connectivity index (χ4v) is 2.35. The number of hydrazone groups is 2. The van der Waals surface area contributed by atoms with E-state index in [1.54, 1.807) is 48.5 Å². The number of methoxy groups -OCH3 is 1. The van der Waals surface area contributed by atoms with Gasteiger partial charge in [-0.3, -0.25) is 9.59 Å². The van der Waals surface area contributed by atoms with Crippen LogP contribution >= 0.6 is 0 Å². The minimum absolute atomic E-state index is 0.297. The largest absolute Gasteiger partial charge is 0.465 e. The number of carbonyl (C=O) groups excluding carboxylic acids is 3. The van der Waals surface area contributed by atoms with Crippen molar-refractivity contribution in [2.45, 2.75) is 6.61 Å². The van der Waals surface area contributed by atoms with Gasteiger partial charge < -0.3 is 19.3 Å². The predicted octanol–water partition coefficient (Wildman–Crippen LogP) is 0.557. The van der Waals surface area contributed by atoms with E-state index in [9.17, 15) is 14.4 Å². The molecule has 0 bridgehead atoms. The molecule has 0 heterocycles. The summed E-state index contributed by atoms with van der Waals surface area (Å²) in [6.07, 6.45) is 2.85. The van der Waals surface area contributed by atoms with Crippen molar-refractivity contribution in [1.29, 1.82) is 0 Å². The van der Waals surface area contributed by atoms with Crippen molar-refractivity contribution < 1.29 is 33.7 Å². The minimum Gasteiger partial charge on any atom is -0.465 e. The highest BCUT2D eigenvalue weighted by Gasteiger charge is 2.05. The van der Waals surface area contributed by atoms with Gasteiger partial charge in [-0.05, 0) is 28.8 Å². The smallest absolute Gasteiger partial charge is 0.337 e. The van der Waals surface area contributed by atoms with E-state index in [1.807, 2.05) is 0 Å². The van der Waals surface area contributed by atoms with E-state index in [0.717, 1.165) is 11.1 Å². The van der Waals surface area contributed by atoms with Gasteiger partial charge in [0, 0.05) is 0 Å². The van der Waals surface area contributed by atoms with E-state index in [2.05, 4.69) is 25.8 Å². The predicted molar refractivity (Wildman–Crippen MR) is 118 cm³/mol. The number of rotatable bonds is 12. The molecule has 0 aliphatic rings. The van der Waals surface area contributed by atoms with E-state index < -0.39 is 17.8 Å². The van der Waals surface area contributed by atoms with Crippen LogP contribution in [-0.2, 0) is 30.4 Å². The molecular formula is C22H24N4O7. The molecule has 0 aliphatic carbocycles. The first-order chi connectivity index (χ1) is 16.0. The molecule has 0 fully saturated rings. The van der Waals surface area contributed by atoms with Crippen molar-refractivity contribution in [1.82, 2.24) is 10.9 Å². The molecule has 0 saturated carbocycles. The lowest BCUT2D eigenvalue weighted by Gasteiger charge is -2.03. The minimum atomic E-state index is -0.543. The van der Waals surface area contributed by atoms with Crippen molar-refractivity contribution in [2.75, 3.05) is 27.1 Å². The fraction of sp³-hybridized carbons (Fsp3) is 0.227. The van der Waals surface area contributed by atoms with Crippen molar-refractivity contribution in [3.8, 4) is 0 Å². The fourth-order valence-electron chi connectivity index (χ4n) is 2.35. The zero-order chi connectivity index (χ0) is 23.9. The van der Waals surface area contributed by atoms with E-state index in [-0.39, 0.29) is 20.0 Å². The topological polar surface area (TPSA) is 148 Å². The normalized spacial score (nSPS) is 11.0. The molecule has 2 rings (SSSR count). The second-order valence-corrected chi connectivity index (χ2v) is 6.41. The average molecular weight is 456 g/mol. The summed E-state index contributed by atoms with van der Waals surface area (Å²) in [6.45, 7) is -0.778. The van der Waals surface area contributed by atoms with Crippen LogP contribution in [-0.4, -0.2) is 62.4 Å². The number of ether oxygens (including phenoxy) is 3. The molecule has 0 spiro atoms. The summed E-state index contributed by atoms with van der Waals surface area (Å²) < 4.78 is 14.5. The van der Waals surface area contributed by atoms with Crippen LogP contribution in [0.15, 0.2) is 58.7 Å². The Balaban J connectivity index is 1.63. The van der Waals surface area contributed by atoms with Crippen LogP contribution in [0.2, 0.25) is 0 Å². The molecule has 0 aromatic heterocycles. The number of hydrogen-bond donors (Lipinski definition) is 3. The molecule has 2 aromatic carbocycles. The highest BCUT2D eigenvalue weighted by molar-refractivity contribution is 5.91. The van der Waals surface area contributed by atoms with Gasteiger partial charge in [0.1, 0.15) is 20.0 Å². The first-order valence-electron chi connectivity index (χ1n) is 9.69. The van der Waals surface area contributed by atoms with Crippen LogP contribution in [0.3, 0.4) is 0 Å². The molecule has 0 radical (unpaired) electrons. The van der Waals surface area contributed by atoms with Crippen molar-refractivity contribution in [2.24, 2.45) is 10.2 Å². The summed E-state index contributed by atoms with van der Waals surface area (Å²) in [4.78, 5) is 34.8. The Labute approximate surface area is 190 Å². The molecule has 11 heteroatoms. The van der Waals surface area contributed by atoms with Crippen LogP contribution in [0, 0.1) is 0 Å². The molecular weight excluding hydrogens is 432 g/mol. The van der Waals surface area contributed by atoms with Crippen molar-refractivity contribution >= 4 is 30.2 Å². The van der Waals surface area contributed by atoms with Gasteiger partial charge in [-0.2, -0.15) is 10.2 Å². The Bertz CT molecular complexity index is 973. The maximum Gasteiger partial charge on any atom is 0.337 e. The molecule has 0 aliphatic heterocycles. The van der Waals surface area contributed by atoms with Crippen LogP contribution in [0.5, 0.6) is 0 Å². The van der Waals surface area contributed by atoms with E-state index in [0.29, 0.717) is 17.7 Å². The van der Waals surface area contributed by atoms with Gasteiger partial charge in [0.25, 0.3) is 11.8 Å². The number of amides is 2. The number of benzene rings is 2. The number of nitrogens with one attached hydrogen (secondary N) is 2. The molecule has 0 saturated heterocycles. The van der Waals surface area contributed by atoms with Gasteiger partial charge >= 0.3 is 5.97 Å². The van der Waals surface area contributed by atoms with Crippen LogP contribution < -0.4 is 10.9 Å². The SMILES string of the molecule is COC(=O)c1ccc(C=NNC(=O)COCC(=O)NN=Cc2ccc(COCO)cc2)cc1. The van der Waals surface area contributed by atoms with Gasteiger partial charge in [-0.25, -0.2) is 15.6 Å². The van der Waals surface area contributed by atoms with Gasteiger partial charge in [0.2, 0.25) is 0 Å². The lowest BCUT2D eigenvalue weighted by Crippen LogP contribution is -2.28. The third kappa shape index (κ3) is 9.82. The summed E-state index contributed by atoms with van der Waals surface area (Å²) in [5.41, 5.74) is 7.25. The lowest BCUT2D eigenvalue weighted by molar-refractivity contribution is -0.130. The number of aliphatic hydroxyl groups is 1. The first-order valence-corrected chi connectivity index (χ1v) is 9.69. The zero-order valence-electron chi connectivity index (χ0n) is 17.9. The first kappa shape index (κ1) is 25.3. The number of aliphatic hydroxyl groups excluding tert-OH is 1. The van der Waals surface area contributed by atoms with E-state index >= 15 is 0 Å². The Morgan fingerprint density at radius 1 is 0.848 bits per heavy atom. The second kappa shape index (κ2) is 14.2. The molecule has 174 valence electrons. The highest BCUT2D eigenvalue weighted by atomic mass is 16.6. The quantitative estimate of drug-likeness (QED) is 0.183. The summed E-state index contributed by atoms with van der Waals surface area (Å²) in [5, 5.41) is 16.2. The van der Waals surface area contributed by atoms with E-state index in [4.69, 9.17) is 14.6 Å². The Morgan fingerprint density at radius 3 is 1.85 bits per heavy atom. The Kier molecular flexibility index (Phi) is 10.9. The second-order valence-electron chi connectivity index (χ2n) is 6.41. The summed E-state index contributed by atoms with van der Waals surface area (Å²) in [7, 11) is 1.30.